The lowest BCUT2D eigenvalue weighted by Gasteiger charge is -2.09. The zero-order chi connectivity index (χ0) is 11.7. The molecule has 88 valence electrons. The van der Waals surface area contributed by atoms with Crippen LogP contribution >= 0.6 is 0 Å². The number of carbonyl (C=O) groups excluding carboxylic acids is 1. The van der Waals surface area contributed by atoms with Gasteiger partial charge in [0.25, 0.3) is 0 Å². The third-order valence-corrected chi connectivity index (χ3v) is 1.68. The van der Waals surface area contributed by atoms with Crippen LogP contribution in [0.15, 0.2) is 11.8 Å². The van der Waals surface area contributed by atoms with E-state index >= 15 is 0 Å². The average Bonchev–Trinajstić information content (AvgIpc) is 2.20. The minimum absolute atomic E-state index is 0.304. The summed E-state index contributed by atoms with van der Waals surface area (Å²) in [6.07, 6.45) is 2.29. The molecule has 0 unspecified atom stereocenters. The lowest BCUT2D eigenvalue weighted by Crippen LogP contribution is -2.17. The summed E-state index contributed by atoms with van der Waals surface area (Å²) in [5, 5.41) is 0. The monoisotopic (exact) mass is 215 g/mol. The van der Waals surface area contributed by atoms with E-state index < -0.39 is 0 Å². The topological polar surface area (TPSA) is 38.8 Å². The summed E-state index contributed by atoms with van der Waals surface area (Å²) in [4.78, 5) is 13.3. The van der Waals surface area contributed by atoms with Crippen LogP contribution in [0, 0.1) is 0 Å². The van der Waals surface area contributed by atoms with E-state index in [1.165, 1.54) is 6.26 Å². The predicted octanol–water partition coefficient (Wildman–Crippen LogP) is 1.42. The van der Waals surface area contributed by atoms with Crippen molar-refractivity contribution in [3.63, 3.8) is 0 Å². The molecular formula is C11H21NO3. The molecule has 0 radical (unpaired) electrons. The summed E-state index contributed by atoms with van der Waals surface area (Å²) >= 11 is 0. The molecule has 0 heterocycles. The van der Waals surface area contributed by atoms with Gasteiger partial charge in [-0.15, -0.1) is 0 Å². The van der Waals surface area contributed by atoms with Crippen LogP contribution in [0.3, 0.4) is 0 Å². The van der Waals surface area contributed by atoms with Crippen molar-refractivity contribution >= 4 is 5.97 Å². The molecule has 0 saturated heterocycles. The van der Waals surface area contributed by atoms with Crippen molar-refractivity contribution in [2.45, 2.75) is 20.3 Å². The lowest BCUT2D eigenvalue weighted by atomic mass is 10.3. The van der Waals surface area contributed by atoms with Crippen LogP contribution < -0.4 is 0 Å². The second-order valence-electron chi connectivity index (χ2n) is 3.61. The van der Waals surface area contributed by atoms with Gasteiger partial charge < -0.3 is 14.4 Å². The summed E-state index contributed by atoms with van der Waals surface area (Å²) in [6.45, 7) is 5.51. The molecule has 15 heavy (non-hydrogen) atoms. The van der Waals surface area contributed by atoms with Crippen molar-refractivity contribution in [2.24, 2.45) is 0 Å². The molecule has 0 aliphatic rings. The number of esters is 1. The van der Waals surface area contributed by atoms with Gasteiger partial charge in [-0.2, -0.15) is 0 Å². The quantitative estimate of drug-likeness (QED) is 0.279. The van der Waals surface area contributed by atoms with Crippen LogP contribution in [0.4, 0.5) is 0 Å². The van der Waals surface area contributed by atoms with E-state index in [-0.39, 0.29) is 5.97 Å². The maximum atomic E-state index is 11.2. The average molecular weight is 215 g/mol. The summed E-state index contributed by atoms with van der Waals surface area (Å²) < 4.78 is 10.1. The van der Waals surface area contributed by atoms with Crippen molar-refractivity contribution in [3.8, 4) is 0 Å². The van der Waals surface area contributed by atoms with Crippen LogP contribution in [0.2, 0.25) is 0 Å². The zero-order valence-corrected chi connectivity index (χ0v) is 10.1. The molecule has 0 spiro atoms. The van der Waals surface area contributed by atoms with E-state index in [1.807, 2.05) is 25.9 Å². The number of nitrogens with zero attached hydrogens (tertiary/aromatic N) is 1. The number of carbonyl (C=O) groups is 1. The van der Waals surface area contributed by atoms with E-state index in [2.05, 4.69) is 0 Å². The molecule has 0 aliphatic heterocycles. The van der Waals surface area contributed by atoms with Crippen molar-refractivity contribution < 1.29 is 14.3 Å². The minimum Gasteiger partial charge on any atom is -0.499 e. The van der Waals surface area contributed by atoms with Crippen molar-refractivity contribution in [1.29, 1.82) is 0 Å². The summed E-state index contributed by atoms with van der Waals surface area (Å²) in [7, 11) is 3.94. The Morgan fingerprint density at radius 3 is 2.53 bits per heavy atom. The SMILES string of the molecule is CCCOC(=O)C(C)=COCCN(C)C. The number of hydrogen-bond acceptors (Lipinski definition) is 4. The molecule has 0 atom stereocenters. The van der Waals surface area contributed by atoms with Gasteiger partial charge in [-0.3, -0.25) is 0 Å². The Bertz CT molecular complexity index is 212. The molecule has 4 heteroatoms. The highest BCUT2D eigenvalue weighted by Crippen LogP contribution is 1.98. The zero-order valence-electron chi connectivity index (χ0n) is 10.1. The first-order valence-corrected chi connectivity index (χ1v) is 5.18. The van der Waals surface area contributed by atoms with Gasteiger partial charge in [0.15, 0.2) is 0 Å². The molecule has 0 aliphatic carbocycles. The maximum Gasteiger partial charge on any atom is 0.336 e. The van der Waals surface area contributed by atoms with Crippen LogP contribution in [0.5, 0.6) is 0 Å². The number of ether oxygens (including phenoxy) is 2. The highest BCUT2D eigenvalue weighted by molar-refractivity contribution is 5.87. The third kappa shape index (κ3) is 8.00. The van der Waals surface area contributed by atoms with Gasteiger partial charge in [-0.05, 0) is 27.4 Å². The summed E-state index contributed by atoms with van der Waals surface area (Å²) in [5.41, 5.74) is 0.502. The van der Waals surface area contributed by atoms with Gasteiger partial charge in [-0.1, -0.05) is 6.92 Å². The van der Waals surface area contributed by atoms with E-state index in [0.717, 1.165) is 13.0 Å². The molecule has 0 rings (SSSR count). The molecule has 0 aromatic heterocycles. The molecule has 0 N–H and O–H groups in total. The first kappa shape index (κ1) is 14.0. The molecular weight excluding hydrogens is 194 g/mol. The number of hydrogen-bond donors (Lipinski definition) is 0. The Morgan fingerprint density at radius 1 is 1.33 bits per heavy atom. The number of rotatable bonds is 7. The standard InChI is InChI=1S/C11H21NO3/c1-5-7-15-11(13)10(2)9-14-8-6-12(3)4/h9H,5-8H2,1-4H3. The van der Waals surface area contributed by atoms with E-state index in [0.29, 0.717) is 18.8 Å². The Morgan fingerprint density at radius 2 is 2.00 bits per heavy atom. The number of likely N-dealkylation sites (N-methyl/N-ethyl adjacent to an activating group) is 1. The Labute approximate surface area is 91.8 Å². The highest BCUT2D eigenvalue weighted by atomic mass is 16.5. The molecule has 0 fully saturated rings. The minimum atomic E-state index is -0.304. The highest BCUT2D eigenvalue weighted by Gasteiger charge is 2.04. The molecule has 0 saturated carbocycles. The second kappa shape index (κ2) is 8.29. The van der Waals surface area contributed by atoms with Crippen molar-refractivity contribution in [3.05, 3.63) is 11.8 Å². The molecule has 4 nitrogen and oxygen atoms in total. The second-order valence-corrected chi connectivity index (χ2v) is 3.61. The Kier molecular flexibility index (Phi) is 7.72. The summed E-state index contributed by atoms with van der Waals surface area (Å²) in [5.74, 6) is -0.304. The van der Waals surface area contributed by atoms with E-state index in [1.54, 1.807) is 6.92 Å². The third-order valence-electron chi connectivity index (χ3n) is 1.68. The smallest absolute Gasteiger partial charge is 0.336 e. The first-order chi connectivity index (χ1) is 7.07. The molecule has 0 aromatic carbocycles. The summed E-state index contributed by atoms with van der Waals surface area (Å²) in [6, 6.07) is 0. The van der Waals surface area contributed by atoms with Crippen molar-refractivity contribution in [2.75, 3.05) is 33.9 Å². The molecule has 0 amide bonds. The largest absolute Gasteiger partial charge is 0.499 e. The van der Waals surface area contributed by atoms with Crippen LogP contribution in [-0.2, 0) is 14.3 Å². The van der Waals surface area contributed by atoms with Gasteiger partial charge in [0.1, 0.15) is 0 Å². The predicted molar refractivity (Wildman–Crippen MR) is 59.5 cm³/mol. The van der Waals surface area contributed by atoms with Gasteiger partial charge in [0.05, 0.1) is 25.0 Å². The lowest BCUT2D eigenvalue weighted by molar-refractivity contribution is -0.139. The van der Waals surface area contributed by atoms with E-state index in [4.69, 9.17) is 9.47 Å². The van der Waals surface area contributed by atoms with Gasteiger partial charge >= 0.3 is 5.97 Å². The van der Waals surface area contributed by atoms with Crippen molar-refractivity contribution in [1.82, 2.24) is 4.90 Å². The van der Waals surface area contributed by atoms with E-state index in [9.17, 15) is 4.79 Å². The molecule has 0 aromatic rings. The van der Waals surface area contributed by atoms with Crippen LogP contribution in [-0.4, -0.2) is 44.7 Å². The van der Waals surface area contributed by atoms with Gasteiger partial charge in [-0.25, -0.2) is 4.79 Å². The van der Waals surface area contributed by atoms with Gasteiger partial charge in [0.2, 0.25) is 0 Å². The molecule has 0 bridgehead atoms. The fraction of sp³-hybridized carbons (Fsp3) is 0.727. The van der Waals surface area contributed by atoms with Gasteiger partial charge in [0, 0.05) is 6.54 Å². The van der Waals surface area contributed by atoms with Crippen LogP contribution in [0.1, 0.15) is 20.3 Å². The Hall–Kier alpha value is -1.03. The normalized spacial score (nSPS) is 11.7. The van der Waals surface area contributed by atoms with Crippen LogP contribution in [0.25, 0.3) is 0 Å². The fourth-order valence-electron chi connectivity index (χ4n) is 0.776. The first-order valence-electron chi connectivity index (χ1n) is 5.18. The Balaban J connectivity index is 3.72. The fourth-order valence-corrected chi connectivity index (χ4v) is 0.776. The maximum absolute atomic E-state index is 11.2.